The average Bonchev–Trinajstić information content (AvgIpc) is 2.24. The Labute approximate surface area is 94.2 Å². The lowest BCUT2D eigenvalue weighted by molar-refractivity contribution is -0.146. The summed E-state index contributed by atoms with van der Waals surface area (Å²) in [7, 11) is 1.83. The summed E-state index contributed by atoms with van der Waals surface area (Å²) in [6, 6.07) is -0.353. The van der Waals surface area contributed by atoms with Gasteiger partial charge in [-0.15, -0.1) is 0 Å². The summed E-state index contributed by atoms with van der Waals surface area (Å²) in [5.41, 5.74) is 0. The molecule has 0 aromatic carbocycles. The smallest absolute Gasteiger partial charge is 0.332 e. The first kappa shape index (κ1) is 14.7. The molecule has 0 aliphatic carbocycles. The molecule has 0 aromatic rings. The van der Waals surface area contributed by atoms with Crippen molar-refractivity contribution in [3.8, 4) is 0 Å². The third kappa shape index (κ3) is 8.01. The maximum atomic E-state index is 11.1. The highest BCUT2D eigenvalue weighted by molar-refractivity contribution is 5.74. The zero-order valence-electron chi connectivity index (χ0n) is 9.32. The van der Waals surface area contributed by atoms with Gasteiger partial charge in [0.25, 0.3) is 0 Å². The van der Waals surface area contributed by atoms with Gasteiger partial charge in [0.2, 0.25) is 0 Å². The van der Waals surface area contributed by atoms with Crippen LogP contribution in [0.3, 0.4) is 0 Å². The summed E-state index contributed by atoms with van der Waals surface area (Å²) >= 11 is 0. The average molecular weight is 233 g/mol. The number of urea groups is 1. The van der Waals surface area contributed by atoms with Crippen molar-refractivity contribution in [2.75, 3.05) is 26.7 Å². The van der Waals surface area contributed by atoms with Crippen LogP contribution >= 0.6 is 0 Å². The summed E-state index contributed by atoms with van der Waals surface area (Å²) in [6.07, 6.45) is -0.606. The molecular formula is C9H19N3O4. The van der Waals surface area contributed by atoms with Gasteiger partial charge in [0.1, 0.15) is 0 Å². The molecule has 1 unspecified atom stereocenters. The Kier molecular flexibility index (Phi) is 8.18. The van der Waals surface area contributed by atoms with Gasteiger partial charge in [-0.05, 0) is 20.0 Å². The first-order valence-corrected chi connectivity index (χ1v) is 5.15. The van der Waals surface area contributed by atoms with E-state index >= 15 is 0 Å². The van der Waals surface area contributed by atoms with Crippen molar-refractivity contribution in [1.82, 2.24) is 16.0 Å². The highest BCUT2D eigenvalue weighted by Gasteiger charge is 2.12. The minimum atomic E-state index is -1.43. The Morgan fingerprint density at radius 1 is 1.19 bits per heavy atom. The normalized spacial score (nSPS) is 11.9. The number of carbonyl (C=O) groups is 2. The summed E-state index contributed by atoms with van der Waals surface area (Å²) in [5, 5.41) is 25.3. The predicted octanol–water partition coefficient (Wildman–Crippen LogP) is -1.27. The number of aliphatic hydroxyl groups is 1. The number of hydrogen-bond donors (Lipinski definition) is 5. The summed E-state index contributed by atoms with van der Waals surface area (Å²) in [6.45, 7) is 1.50. The number of carboxylic acid groups (broad SMARTS) is 1. The molecule has 94 valence electrons. The summed E-state index contributed by atoms with van der Waals surface area (Å²) < 4.78 is 0. The van der Waals surface area contributed by atoms with E-state index < -0.39 is 12.1 Å². The van der Waals surface area contributed by atoms with Gasteiger partial charge in [-0.3, -0.25) is 0 Å². The number of rotatable bonds is 8. The molecule has 0 spiro atoms. The Hall–Kier alpha value is -1.34. The topological polar surface area (TPSA) is 111 Å². The predicted molar refractivity (Wildman–Crippen MR) is 58.2 cm³/mol. The zero-order chi connectivity index (χ0) is 12.4. The van der Waals surface area contributed by atoms with Gasteiger partial charge in [-0.1, -0.05) is 0 Å². The summed E-state index contributed by atoms with van der Waals surface area (Å²) in [4.78, 5) is 21.3. The Balaban J connectivity index is 3.40. The van der Waals surface area contributed by atoms with Crippen LogP contribution in [0.1, 0.15) is 12.8 Å². The molecule has 0 aliphatic heterocycles. The van der Waals surface area contributed by atoms with Crippen LogP contribution in [0, 0.1) is 0 Å². The fourth-order valence-electron chi connectivity index (χ4n) is 0.975. The van der Waals surface area contributed by atoms with Crippen LogP contribution in [-0.4, -0.2) is 55.0 Å². The molecule has 0 fully saturated rings. The van der Waals surface area contributed by atoms with Crippen LogP contribution in [0.4, 0.5) is 4.79 Å². The Bertz CT molecular complexity index is 223. The monoisotopic (exact) mass is 233 g/mol. The standard InChI is InChI=1S/C9H19N3O4/c1-10-4-2-5-11-9(16)12-6-3-7(13)8(14)15/h7,10,13H,2-6H2,1H3,(H,14,15)(H2,11,12,16). The van der Waals surface area contributed by atoms with Gasteiger partial charge >= 0.3 is 12.0 Å². The first-order valence-electron chi connectivity index (χ1n) is 5.15. The van der Waals surface area contributed by atoms with Crippen molar-refractivity contribution in [3.05, 3.63) is 0 Å². The second-order valence-corrected chi connectivity index (χ2v) is 3.28. The number of nitrogens with one attached hydrogen (secondary N) is 3. The largest absolute Gasteiger partial charge is 0.479 e. The minimum Gasteiger partial charge on any atom is -0.479 e. The Morgan fingerprint density at radius 3 is 2.38 bits per heavy atom. The second-order valence-electron chi connectivity index (χ2n) is 3.28. The van der Waals surface area contributed by atoms with E-state index in [4.69, 9.17) is 10.2 Å². The van der Waals surface area contributed by atoms with E-state index in [0.717, 1.165) is 13.0 Å². The molecule has 7 nitrogen and oxygen atoms in total. The second kappa shape index (κ2) is 8.93. The number of aliphatic carboxylic acids is 1. The van der Waals surface area contributed by atoms with Crippen LogP contribution in [0.15, 0.2) is 0 Å². The molecular weight excluding hydrogens is 214 g/mol. The number of carbonyl (C=O) groups excluding carboxylic acids is 1. The van der Waals surface area contributed by atoms with E-state index in [9.17, 15) is 9.59 Å². The van der Waals surface area contributed by atoms with Crippen molar-refractivity contribution in [2.24, 2.45) is 0 Å². The van der Waals surface area contributed by atoms with Crippen molar-refractivity contribution in [2.45, 2.75) is 18.9 Å². The van der Waals surface area contributed by atoms with Gasteiger partial charge in [0.05, 0.1) is 0 Å². The molecule has 0 saturated carbocycles. The fourth-order valence-corrected chi connectivity index (χ4v) is 0.975. The van der Waals surface area contributed by atoms with Crippen molar-refractivity contribution >= 4 is 12.0 Å². The molecule has 0 heterocycles. The van der Waals surface area contributed by atoms with Gasteiger partial charge in [0, 0.05) is 19.5 Å². The van der Waals surface area contributed by atoms with E-state index in [2.05, 4.69) is 16.0 Å². The molecule has 0 radical (unpaired) electrons. The van der Waals surface area contributed by atoms with Crippen LogP contribution in [0.2, 0.25) is 0 Å². The molecule has 5 N–H and O–H groups in total. The van der Waals surface area contributed by atoms with E-state index in [1.807, 2.05) is 7.05 Å². The SMILES string of the molecule is CNCCCNC(=O)NCCC(O)C(=O)O. The van der Waals surface area contributed by atoms with E-state index in [1.54, 1.807) is 0 Å². The third-order valence-electron chi connectivity index (χ3n) is 1.88. The fraction of sp³-hybridized carbons (Fsp3) is 0.778. The molecule has 7 heteroatoms. The van der Waals surface area contributed by atoms with E-state index in [1.165, 1.54) is 0 Å². The number of aliphatic hydroxyl groups excluding tert-OH is 1. The molecule has 16 heavy (non-hydrogen) atoms. The lowest BCUT2D eigenvalue weighted by atomic mass is 10.2. The third-order valence-corrected chi connectivity index (χ3v) is 1.88. The van der Waals surface area contributed by atoms with Crippen LogP contribution in [0.25, 0.3) is 0 Å². The molecule has 0 rings (SSSR count). The number of amides is 2. The molecule has 0 aliphatic rings. The molecule has 1 atom stereocenters. The quantitative estimate of drug-likeness (QED) is 0.336. The molecule has 0 saturated heterocycles. The summed E-state index contributed by atoms with van der Waals surface area (Å²) in [5.74, 6) is -1.28. The lowest BCUT2D eigenvalue weighted by Crippen LogP contribution is -2.38. The van der Waals surface area contributed by atoms with Gasteiger partial charge in [-0.25, -0.2) is 9.59 Å². The van der Waals surface area contributed by atoms with Crippen molar-refractivity contribution in [1.29, 1.82) is 0 Å². The van der Waals surface area contributed by atoms with Gasteiger partial charge in [0.15, 0.2) is 6.10 Å². The minimum absolute atomic E-state index is 0.000725. The highest BCUT2D eigenvalue weighted by atomic mass is 16.4. The lowest BCUT2D eigenvalue weighted by Gasteiger charge is -2.08. The van der Waals surface area contributed by atoms with Crippen molar-refractivity contribution in [3.63, 3.8) is 0 Å². The first-order chi connectivity index (χ1) is 7.57. The van der Waals surface area contributed by atoms with Crippen molar-refractivity contribution < 1.29 is 19.8 Å². The Morgan fingerprint density at radius 2 is 1.81 bits per heavy atom. The van der Waals surface area contributed by atoms with Crippen LogP contribution in [-0.2, 0) is 4.79 Å². The van der Waals surface area contributed by atoms with E-state index in [0.29, 0.717) is 6.54 Å². The van der Waals surface area contributed by atoms with Crippen LogP contribution < -0.4 is 16.0 Å². The maximum absolute atomic E-state index is 11.1. The van der Waals surface area contributed by atoms with Crippen LogP contribution in [0.5, 0.6) is 0 Å². The maximum Gasteiger partial charge on any atom is 0.332 e. The number of hydrogen-bond acceptors (Lipinski definition) is 4. The highest BCUT2D eigenvalue weighted by Crippen LogP contribution is 1.88. The van der Waals surface area contributed by atoms with Gasteiger partial charge in [-0.2, -0.15) is 0 Å². The van der Waals surface area contributed by atoms with Gasteiger partial charge < -0.3 is 26.2 Å². The zero-order valence-corrected chi connectivity index (χ0v) is 9.32. The van der Waals surface area contributed by atoms with E-state index in [-0.39, 0.29) is 19.0 Å². The number of carboxylic acids is 1. The molecule has 0 aromatic heterocycles. The molecule has 2 amide bonds. The molecule has 0 bridgehead atoms.